The summed E-state index contributed by atoms with van der Waals surface area (Å²) in [5.41, 5.74) is 1.58. The average Bonchev–Trinajstić information content (AvgIpc) is 2.48. The number of aliphatic hydroxyl groups excluding tert-OH is 1. The van der Waals surface area contributed by atoms with Gasteiger partial charge in [0.1, 0.15) is 0 Å². The van der Waals surface area contributed by atoms with Crippen LogP contribution in [0.1, 0.15) is 31.4 Å². The van der Waals surface area contributed by atoms with E-state index in [0.29, 0.717) is 0 Å². The first-order valence-corrected chi connectivity index (χ1v) is 6.97. The van der Waals surface area contributed by atoms with Gasteiger partial charge in [0.25, 0.3) is 0 Å². The number of piperidine rings is 1. The Labute approximate surface area is 119 Å². The highest BCUT2D eigenvalue weighted by atomic mass is 16.5. The van der Waals surface area contributed by atoms with Crippen LogP contribution in [-0.4, -0.2) is 42.3 Å². The van der Waals surface area contributed by atoms with Gasteiger partial charge in [-0.3, -0.25) is 0 Å². The summed E-state index contributed by atoms with van der Waals surface area (Å²) in [5.74, 6) is 0. The number of nitrogens with one attached hydrogen (secondary N) is 1. The highest BCUT2D eigenvalue weighted by Crippen LogP contribution is 2.17. The van der Waals surface area contributed by atoms with Crippen LogP contribution in [0.4, 0.5) is 10.5 Å². The summed E-state index contributed by atoms with van der Waals surface area (Å²) in [5, 5.41) is 12.3. The first-order valence-electron chi connectivity index (χ1n) is 6.97. The molecular formula is C15H22N2O3. The smallest absolute Gasteiger partial charge is 0.321 e. The number of benzene rings is 1. The first-order chi connectivity index (χ1) is 9.60. The van der Waals surface area contributed by atoms with E-state index in [1.165, 1.54) is 0 Å². The molecule has 0 radical (unpaired) electrons. The summed E-state index contributed by atoms with van der Waals surface area (Å²) in [6, 6.07) is 7.17. The molecule has 110 valence electrons. The van der Waals surface area contributed by atoms with Gasteiger partial charge in [-0.05, 0) is 37.5 Å². The number of rotatable bonds is 3. The van der Waals surface area contributed by atoms with Crippen LogP contribution in [0, 0.1) is 0 Å². The zero-order chi connectivity index (χ0) is 14.5. The second-order valence-electron chi connectivity index (χ2n) is 5.15. The quantitative estimate of drug-likeness (QED) is 0.892. The third kappa shape index (κ3) is 3.71. The van der Waals surface area contributed by atoms with E-state index in [1.54, 1.807) is 18.9 Å². The number of nitrogens with zero attached hydrogens (tertiary/aromatic N) is 1. The number of aliphatic hydroxyl groups is 1. The van der Waals surface area contributed by atoms with E-state index in [2.05, 4.69) is 5.32 Å². The fourth-order valence-electron chi connectivity index (χ4n) is 2.34. The van der Waals surface area contributed by atoms with E-state index in [9.17, 15) is 9.90 Å². The van der Waals surface area contributed by atoms with Crippen LogP contribution >= 0.6 is 0 Å². The molecule has 1 aliphatic rings. The fraction of sp³-hybridized carbons (Fsp3) is 0.533. The van der Waals surface area contributed by atoms with E-state index in [-0.39, 0.29) is 12.1 Å². The van der Waals surface area contributed by atoms with Crippen LogP contribution in [0.3, 0.4) is 0 Å². The number of ether oxygens (including phenoxy) is 1. The molecule has 0 bridgehead atoms. The molecule has 1 atom stereocenters. The Morgan fingerprint density at radius 3 is 2.45 bits per heavy atom. The number of carbonyl (C=O) groups is 1. The average molecular weight is 278 g/mol. The van der Waals surface area contributed by atoms with Crippen LogP contribution in [-0.2, 0) is 4.74 Å². The summed E-state index contributed by atoms with van der Waals surface area (Å²) in [7, 11) is 1.71. The normalized spacial score (nSPS) is 17.9. The van der Waals surface area contributed by atoms with Gasteiger partial charge >= 0.3 is 6.03 Å². The molecule has 0 saturated carbocycles. The minimum absolute atomic E-state index is 0.0793. The molecule has 5 heteroatoms. The maximum absolute atomic E-state index is 12.1. The van der Waals surface area contributed by atoms with Crippen LogP contribution in [0.5, 0.6) is 0 Å². The topological polar surface area (TPSA) is 61.8 Å². The van der Waals surface area contributed by atoms with Crippen molar-refractivity contribution in [3.8, 4) is 0 Å². The maximum Gasteiger partial charge on any atom is 0.321 e. The Bertz CT molecular complexity index is 437. The van der Waals surface area contributed by atoms with Crippen molar-refractivity contribution in [3.05, 3.63) is 29.8 Å². The summed E-state index contributed by atoms with van der Waals surface area (Å²) in [6.07, 6.45) is 1.53. The summed E-state index contributed by atoms with van der Waals surface area (Å²) < 4.78 is 5.29. The second kappa shape index (κ2) is 6.72. The lowest BCUT2D eigenvalue weighted by Crippen LogP contribution is -2.42. The largest absolute Gasteiger partial charge is 0.389 e. The number of amides is 2. The lowest BCUT2D eigenvalue weighted by atomic mass is 10.1. The molecule has 0 spiro atoms. The fourth-order valence-corrected chi connectivity index (χ4v) is 2.34. The maximum atomic E-state index is 12.1. The lowest BCUT2D eigenvalue weighted by Gasteiger charge is -2.31. The zero-order valence-electron chi connectivity index (χ0n) is 12.0. The highest BCUT2D eigenvalue weighted by molar-refractivity contribution is 5.89. The molecule has 2 N–H and O–H groups in total. The standard InChI is InChI=1S/C15H22N2O3/c1-11(18)12-3-5-13(6-4-12)16-15(19)17-9-7-14(20-2)8-10-17/h3-6,11,14,18H,7-10H2,1-2H3,(H,16,19). The number of methoxy groups -OCH3 is 1. The lowest BCUT2D eigenvalue weighted by molar-refractivity contribution is 0.0521. The highest BCUT2D eigenvalue weighted by Gasteiger charge is 2.22. The van der Waals surface area contributed by atoms with Crippen LogP contribution in [0.15, 0.2) is 24.3 Å². The molecule has 1 saturated heterocycles. The minimum atomic E-state index is -0.493. The van der Waals surface area contributed by atoms with Gasteiger partial charge in [0.2, 0.25) is 0 Å². The number of anilines is 1. The Kier molecular flexibility index (Phi) is 4.98. The van der Waals surface area contributed by atoms with Crippen molar-refractivity contribution in [1.29, 1.82) is 0 Å². The Balaban J connectivity index is 1.88. The number of likely N-dealkylation sites (tertiary alicyclic amines) is 1. The Morgan fingerprint density at radius 2 is 1.95 bits per heavy atom. The van der Waals surface area contributed by atoms with Crippen molar-refractivity contribution >= 4 is 11.7 Å². The number of carbonyl (C=O) groups excluding carboxylic acids is 1. The van der Waals surface area contributed by atoms with Crippen molar-refractivity contribution in [2.45, 2.75) is 32.0 Å². The van der Waals surface area contributed by atoms with Gasteiger partial charge in [-0.15, -0.1) is 0 Å². The van der Waals surface area contributed by atoms with E-state index < -0.39 is 6.10 Å². The van der Waals surface area contributed by atoms with Crippen LogP contribution in [0.2, 0.25) is 0 Å². The van der Waals surface area contributed by atoms with E-state index in [4.69, 9.17) is 4.74 Å². The number of urea groups is 1. The van der Waals surface area contributed by atoms with Crippen molar-refractivity contribution in [2.24, 2.45) is 0 Å². The number of hydrogen-bond donors (Lipinski definition) is 2. The molecule has 0 aliphatic carbocycles. The summed E-state index contributed by atoms with van der Waals surface area (Å²) in [4.78, 5) is 13.9. The monoisotopic (exact) mass is 278 g/mol. The minimum Gasteiger partial charge on any atom is -0.389 e. The predicted octanol–water partition coefficient (Wildman–Crippen LogP) is 2.38. The van der Waals surface area contributed by atoms with Crippen molar-refractivity contribution < 1.29 is 14.6 Å². The van der Waals surface area contributed by atoms with E-state index in [1.807, 2.05) is 24.3 Å². The Hall–Kier alpha value is -1.59. The van der Waals surface area contributed by atoms with Gasteiger partial charge in [-0.1, -0.05) is 12.1 Å². The van der Waals surface area contributed by atoms with Crippen molar-refractivity contribution in [1.82, 2.24) is 4.90 Å². The van der Waals surface area contributed by atoms with Gasteiger partial charge in [0.15, 0.2) is 0 Å². The van der Waals surface area contributed by atoms with Crippen molar-refractivity contribution in [3.63, 3.8) is 0 Å². The van der Waals surface area contributed by atoms with Crippen molar-refractivity contribution in [2.75, 3.05) is 25.5 Å². The predicted molar refractivity (Wildman–Crippen MR) is 77.7 cm³/mol. The van der Waals surface area contributed by atoms with E-state index >= 15 is 0 Å². The first kappa shape index (κ1) is 14.8. The molecule has 1 heterocycles. The number of hydrogen-bond acceptors (Lipinski definition) is 3. The molecule has 2 rings (SSSR count). The third-order valence-corrected chi connectivity index (χ3v) is 3.71. The van der Waals surface area contributed by atoms with Gasteiger partial charge in [0.05, 0.1) is 12.2 Å². The second-order valence-corrected chi connectivity index (χ2v) is 5.15. The van der Waals surface area contributed by atoms with Crippen LogP contribution in [0.25, 0.3) is 0 Å². The zero-order valence-corrected chi connectivity index (χ0v) is 12.0. The third-order valence-electron chi connectivity index (χ3n) is 3.71. The summed E-state index contributed by atoms with van der Waals surface area (Å²) >= 11 is 0. The molecule has 1 unspecified atom stereocenters. The molecule has 1 aromatic carbocycles. The molecule has 1 aliphatic heterocycles. The van der Waals surface area contributed by atoms with Gasteiger partial charge < -0.3 is 20.1 Å². The summed E-state index contributed by atoms with van der Waals surface area (Å²) in [6.45, 7) is 3.15. The molecule has 1 aromatic rings. The van der Waals surface area contributed by atoms with Gasteiger partial charge in [0, 0.05) is 25.9 Å². The SMILES string of the molecule is COC1CCN(C(=O)Nc2ccc(C(C)O)cc2)CC1. The van der Waals surface area contributed by atoms with E-state index in [0.717, 1.165) is 37.2 Å². The Morgan fingerprint density at radius 1 is 1.35 bits per heavy atom. The van der Waals surface area contributed by atoms with Gasteiger partial charge in [-0.25, -0.2) is 4.79 Å². The molecular weight excluding hydrogens is 256 g/mol. The molecule has 5 nitrogen and oxygen atoms in total. The molecule has 0 aromatic heterocycles. The molecule has 20 heavy (non-hydrogen) atoms. The molecule has 2 amide bonds. The van der Waals surface area contributed by atoms with Gasteiger partial charge in [-0.2, -0.15) is 0 Å². The van der Waals surface area contributed by atoms with Crippen LogP contribution < -0.4 is 5.32 Å². The molecule has 1 fully saturated rings.